The summed E-state index contributed by atoms with van der Waals surface area (Å²) in [5, 5.41) is 15.7. The topological polar surface area (TPSA) is 116 Å². The highest BCUT2D eigenvalue weighted by atomic mass is 32.2. The van der Waals surface area contributed by atoms with Crippen LogP contribution in [0.5, 0.6) is 0 Å². The lowest BCUT2D eigenvalue weighted by Crippen LogP contribution is -2.19. The first-order chi connectivity index (χ1) is 13.9. The number of hydrogen-bond acceptors (Lipinski definition) is 7. The molecule has 2 heterocycles. The monoisotopic (exact) mass is 428 g/mol. The van der Waals surface area contributed by atoms with E-state index in [1.54, 1.807) is 4.68 Å². The molecule has 1 aliphatic carbocycles. The number of thioether (sulfide) groups is 1. The second-order valence-corrected chi connectivity index (χ2v) is 8.97. The highest BCUT2D eigenvalue weighted by molar-refractivity contribution is 7.99. The highest BCUT2D eigenvalue weighted by Gasteiger charge is 2.26. The van der Waals surface area contributed by atoms with Gasteiger partial charge in [-0.05, 0) is 60.7 Å². The van der Waals surface area contributed by atoms with E-state index in [4.69, 9.17) is 5.73 Å². The molecule has 0 fully saturated rings. The van der Waals surface area contributed by atoms with Crippen LogP contribution in [-0.2, 0) is 17.6 Å². The van der Waals surface area contributed by atoms with Crippen molar-refractivity contribution in [2.24, 2.45) is 5.73 Å². The molecule has 1 aromatic carbocycles. The fourth-order valence-corrected chi connectivity index (χ4v) is 5.50. The van der Waals surface area contributed by atoms with Crippen LogP contribution in [0.1, 0.15) is 38.3 Å². The van der Waals surface area contributed by atoms with E-state index in [0.717, 1.165) is 46.5 Å². The molecule has 10 heteroatoms. The number of carbonyl (C=O) groups excluding carboxylic acids is 2. The summed E-state index contributed by atoms with van der Waals surface area (Å²) >= 11 is 2.68. The molecule has 0 bridgehead atoms. The molecule has 0 aliphatic heterocycles. The fraction of sp³-hybridized carbons (Fsp3) is 0.316. The van der Waals surface area contributed by atoms with Gasteiger partial charge in [-0.25, -0.2) is 0 Å². The average Bonchev–Trinajstić information content (AvgIpc) is 3.35. The van der Waals surface area contributed by atoms with Crippen LogP contribution in [0.4, 0.5) is 5.00 Å². The van der Waals surface area contributed by atoms with Crippen LogP contribution in [0.2, 0.25) is 0 Å². The molecule has 3 N–H and O–H groups in total. The quantitative estimate of drug-likeness (QED) is 0.583. The lowest BCUT2D eigenvalue weighted by atomic mass is 10.1. The maximum absolute atomic E-state index is 12.5. The van der Waals surface area contributed by atoms with Gasteiger partial charge in [0.15, 0.2) is 0 Å². The smallest absolute Gasteiger partial charge is 0.251 e. The van der Waals surface area contributed by atoms with Gasteiger partial charge in [0.2, 0.25) is 11.1 Å². The number of thiophene rings is 1. The number of aryl methyl sites for hydroxylation is 3. The Kier molecular flexibility index (Phi) is 5.37. The number of anilines is 1. The summed E-state index contributed by atoms with van der Waals surface area (Å²) in [6.07, 6.45) is 2.78. The molecule has 29 heavy (non-hydrogen) atoms. The van der Waals surface area contributed by atoms with Crippen molar-refractivity contribution in [2.75, 3.05) is 11.1 Å². The number of carbonyl (C=O) groups is 2. The molecule has 0 atom stereocenters. The Bertz CT molecular complexity index is 1100. The Balaban J connectivity index is 1.47. The van der Waals surface area contributed by atoms with Crippen LogP contribution >= 0.6 is 23.1 Å². The average molecular weight is 429 g/mol. The highest BCUT2D eigenvalue weighted by Crippen LogP contribution is 2.38. The summed E-state index contributed by atoms with van der Waals surface area (Å²) in [5.74, 6) is -0.606. The van der Waals surface area contributed by atoms with Gasteiger partial charge >= 0.3 is 0 Å². The van der Waals surface area contributed by atoms with Crippen molar-refractivity contribution < 1.29 is 9.59 Å². The van der Waals surface area contributed by atoms with E-state index in [-0.39, 0.29) is 11.7 Å². The van der Waals surface area contributed by atoms with Crippen LogP contribution in [0.3, 0.4) is 0 Å². The largest absolute Gasteiger partial charge is 0.365 e. The first-order valence-electron chi connectivity index (χ1n) is 9.17. The van der Waals surface area contributed by atoms with Gasteiger partial charge < -0.3 is 11.1 Å². The van der Waals surface area contributed by atoms with E-state index < -0.39 is 5.91 Å². The van der Waals surface area contributed by atoms with Crippen molar-refractivity contribution in [2.45, 2.75) is 38.3 Å². The summed E-state index contributed by atoms with van der Waals surface area (Å²) < 4.78 is 1.63. The van der Waals surface area contributed by atoms with Crippen molar-refractivity contribution in [3.63, 3.8) is 0 Å². The van der Waals surface area contributed by atoms with Crippen molar-refractivity contribution in [1.82, 2.24) is 20.2 Å². The number of rotatable bonds is 6. The van der Waals surface area contributed by atoms with Crippen molar-refractivity contribution in [3.8, 4) is 5.69 Å². The normalized spacial score (nSPS) is 12.8. The van der Waals surface area contributed by atoms with Gasteiger partial charge in [0.1, 0.15) is 5.00 Å². The third kappa shape index (κ3) is 3.90. The van der Waals surface area contributed by atoms with E-state index in [0.29, 0.717) is 15.7 Å². The minimum absolute atomic E-state index is 0.117. The standard InChI is InChI=1S/C19H20N6O2S2/c1-10-6-7-13(11(2)8-10)25-19(22-23-24-25)28-9-15(26)21-18-16(17(20)27)12-4-3-5-14(12)29-18/h6-8H,3-5,9H2,1-2H3,(H2,20,27)(H,21,26). The second kappa shape index (κ2) is 7.96. The molecule has 3 aromatic rings. The van der Waals surface area contributed by atoms with E-state index in [2.05, 4.69) is 26.9 Å². The zero-order chi connectivity index (χ0) is 20.5. The lowest BCUT2D eigenvalue weighted by molar-refractivity contribution is -0.113. The Hall–Kier alpha value is -2.72. The van der Waals surface area contributed by atoms with Gasteiger partial charge in [0.05, 0.1) is 17.0 Å². The number of benzene rings is 1. The number of nitrogens with two attached hydrogens (primary N) is 1. The summed E-state index contributed by atoms with van der Waals surface area (Å²) in [6, 6.07) is 6.00. The predicted octanol–water partition coefficient (Wildman–Crippen LogP) is 2.66. The molecule has 2 amide bonds. The third-order valence-corrected chi connectivity index (χ3v) is 6.90. The molecule has 0 saturated heterocycles. The maximum atomic E-state index is 12.5. The molecule has 0 radical (unpaired) electrons. The maximum Gasteiger partial charge on any atom is 0.251 e. The number of tetrazole rings is 1. The molecular weight excluding hydrogens is 408 g/mol. The lowest BCUT2D eigenvalue weighted by Gasteiger charge is -2.09. The van der Waals surface area contributed by atoms with Gasteiger partial charge in [-0.2, -0.15) is 4.68 Å². The number of nitrogens with zero attached hydrogens (tertiary/aromatic N) is 4. The number of aromatic nitrogens is 4. The Labute approximate surface area is 175 Å². The molecule has 0 spiro atoms. The summed E-state index contributed by atoms with van der Waals surface area (Å²) in [5.41, 5.74) is 10.1. The Morgan fingerprint density at radius 3 is 2.90 bits per heavy atom. The number of amides is 2. The number of nitrogens with one attached hydrogen (secondary N) is 1. The Morgan fingerprint density at radius 2 is 2.14 bits per heavy atom. The van der Waals surface area contributed by atoms with Gasteiger partial charge in [-0.3, -0.25) is 9.59 Å². The molecule has 0 saturated carbocycles. The molecule has 0 unspecified atom stereocenters. The predicted molar refractivity (Wildman–Crippen MR) is 113 cm³/mol. The van der Waals surface area contributed by atoms with Gasteiger partial charge in [-0.1, -0.05) is 29.5 Å². The summed E-state index contributed by atoms with van der Waals surface area (Å²) in [4.78, 5) is 25.5. The molecule has 150 valence electrons. The molecule has 2 aromatic heterocycles. The number of hydrogen-bond donors (Lipinski definition) is 2. The molecule has 1 aliphatic rings. The van der Waals surface area contributed by atoms with Crippen molar-refractivity contribution in [1.29, 1.82) is 0 Å². The van der Waals surface area contributed by atoms with E-state index >= 15 is 0 Å². The van der Waals surface area contributed by atoms with Crippen molar-refractivity contribution >= 4 is 39.9 Å². The van der Waals surface area contributed by atoms with E-state index in [1.165, 1.54) is 23.1 Å². The van der Waals surface area contributed by atoms with Gasteiger partial charge in [-0.15, -0.1) is 16.4 Å². The number of primary amides is 1. The van der Waals surface area contributed by atoms with Crippen LogP contribution < -0.4 is 11.1 Å². The molecular formula is C19H20N6O2S2. The minimum Gasteiger partial charge on any atom is -0.365 e. The molecule has 8 nitrogen and oxygen atoms in total. The SMILES string of the molecule is Cc1ccc(-n2nnnc2SCC(=O)Nc2sc3c(c2C(N)=O)CCC3)c(C)c1. The van der Waals surface area contributed by atoms with E-state index in [9.17, 15) is 9.59 Å². The Morgan fingerprint density at radius 1 is 1.31 bits per heavy atom. The van der Waals surface area contributed by atoms with Gasteiger partial charge in [0.25, 0.3) is 5.91 Å². The summed E-state index contributed by atoms with van der Waals surface area (Å²) in [7, 11) is 0. The first kappa shape index (κ1) is 19.6. The third-order valence-electron chi connectivity index (χ3n) is 4.77. The van der Waals surface area contributed by atoms with Gasteiger partial charge in [0, 0.05) is 4.88 Å². The van der Waals surface area contributed by atoms with E-state index in [1.807, 2.05) is 26.0 Å². The zero-order valence-electron chi connectivity index (χ0n) is 16.1. The van der Waals surface area contributed by atoms with Crippen LogP contribution in [-0.4, -0.2) is 37.8 Å². The first-order valence-corrected chi connectivity index (χ1v) is 11.0. The van der Waals surface area contributed by atoms with Crippen molar-refractivity contribution in [3.05, 3.63) is 45.3 Å². The fourth-order valence-electron chi connectivity index (χ4n) is 3.51. The van der Waals surface area contributed by atoms with Crippen LogP contribution in [0, 0.1) is 13.8 Å². The second-order valence-electron chi connectivity index (χ2n) is 6.93. The van der Waals surface area contributed by atoms with Crippen LogP contribution in [0.15, 0.2) is 23.4 Å². The summed E-state index contributed by atoms with van der Waals surface area (Å²) in [6.45, 7) is 4.02. The minimum atomic E-state index is -0.494. The van der Waals surface area contributed by atoms with Crippen LogP contribution in [0.25, 0.3) is 5.69 Å². The number of fused-ring (bicyclic) bond motifs is 1. The zero-order valence-corrected chi connectivity index (χ0v) is 17.7. The molecule has 4 rings (SSSR count).